The fourth-order valence-electron chi connectivity index (χ4n) is 1.42. The molecule has 1 unspecified atom stereocenters. The predicted molar refractivity (Wildman–Crippen MR) is 59.7 cm³/mol. The molecule has 0 saturated carbocycles. The molecule has 0 aliphatic carbocycles. The third-order valence-corrected chi connectivity index (χ3v) is 3.43. The quantitative estimate of drug-likeness (QED) is 0.456. The van der Waals surface area contributed by atoms with Gasteiger partial charge in [0, 0.05) is 6.42 Å². The molecule has 102 valence electrons. The van der Waals surface area contributed by atoms with E-state index in [1.54, 1.807) is 6.92 Å². The first-order valence-electron chi connectivity index (χ1n) is 5.33. The molecule has 0 radical (unpaired) electrons. The van der Waals surface area contributed by atoms with E-state index < -0.39 is 39.6 Å². The van der Waals surface area contributed by atoms with Crippen LogP contribution in [0.15, 0.2) is 0 Å². The highest BCUT2D eigenvalue weighted by molar-refractivity contribution is 7.90. The van der Waals surface area contributed by atoms with Crippen LogP contribution in [-0.4, -0.2) is 44.6 Å². The van der Waals surface area contributed by atoms with Crippen molar-refractivity contribution < 1.29 is 27.5 Å². The number of sulfonamides is 1. The zero-order valence-corrected chi connectivity index (χ0v) is 10.6. The Labute approximate surface area is 104 Å². The van der Waals surface area contributed by atoms with Crippen molar-refractivity contribution in [3.63, 3.8) is 0 Å². The van der Waals surface area contributed by atoms with E-state index in [1.165, 1.54) is 0 Å². The van der Waals surface area contributed by atoms with Crippen LogP contribution in [0, 0.1) is 0 Å². The molecule has 0 aromatic rings. The lowest BCUT2D eigenvalue weighted by molar-refractivity contribution is -0.140. The van der Waals surface area contributed by atoms with E-state index in [1.807, 2.05) is 5.32 Å². The SMILES string of the molecule is CCOC(=O)CS(=O)(=O)NC1CCC(=O)NC1=O. The van der Waals surface area contributed by atoms with Crippen molar-refractivity contribution in [3.05, 3.63) is 0 Å². The molecule has 0 spiro atoms. The van der Waals surface area contributed by atoms with Crippen molar-refractivity contribution in [1.82, 2.24) is 10.0 Å². The molecular formula is C9H14N2O6S. The Morgan fingerprint density at radius 2 is 2.17 bits per heavy atom. The number of hydrogen-bond donors (Lipinski definition) is 2. The van der Waals surface area contributed by atoms with E-state index >= 15 is 0 Å². The molecule has 8 nitrogen and oxygen atoms in total. The lowest BCUT2D eigenvalue weighted by Crippen LogP contribution is -2.53. The zero-order valence-electron chi connectivity index (χ0n) is 9.76. The minimum absolute atomic E-state index is 0.0539. The Bertz CT molecular complexity index is 458. The standard InChI is InChI=1S/C9H14N2O6S/c1-2-17-8(13)5-18(15,16)11-6-3-4-7(12)10-9(6)14/h6,11H,2-5H2,1H3,(H,10,12,14). The summed E-state index contributed by atoms with van der Waals surface area (Å²) in [5.41, 5.74) is 0. The first kappa shape index (κ1) is 14.6. The fourth-order valence-corrected chi connectivity index (χ4v) is 2.56. The van der Waals surface area contributed by atoms with Gasteiger partial charge in [0.2, 0.25) is 21.8 Å². The van der Waals surface area contributed by atoms with Gasteiger partial charge in [-0.15, -0.1) is 0 Å². The summed E-state index contributed by atoms with van der Waals surface area (Å²) in [6, 6.07) is -1.03. The maximum absolute atomic E-state index is 11.5. The van der Waals surface area contributed by atoms with Gasteiger partial charge in [-0.3, -0.25) is 19.7 Å². The number of carbonyl (C=O) groups is 3. The molecule has 1 saturated heterocycles. The van der Waals surface area contributed by atoms with Gasteiger partial charge in [0.1, 0.15) is 6.04 Å². The van der Waals surface area contributed by atoms with Crippen LogP contribution in [0.1, 0.15) is 19.8 Å². The first-order chi connectivity index (χ1) is 8.34. The summed E-state index contributed by atoms with van der Waals surface area (Å²) in [7, 11) is -3.95. The third kappa shape index (κ3) is 4.41. The molecule has 2 amide bonds. The minimum atomic E-state index is -3.95. The highest BCUT2D eigenvalue weighted by atomic mass is 32.2. The number of esters is 1. The van der Waals surface area contributed by atoms with E-state index in [4.69, 9.17) is 0 Å². The molecule has 9 heteroatoms. The molecule has 1 heterocycles. The molecular weight excluding hydrogens is 264 g/mol. The number of carbonyl (C=O) groups excluding carboxylic acids is 3. The van der Waals surface area contributed by atoms with E-state index in [2.05, 4.69) is 9.46 Å². The summed E-state index contributed by atoms with van der Waals surface area (Å²) in [5.74, 6) is -2.89. The molecule has 18 heavy (non-hydrogen) atoms. The topological polar surface area (TPSA) is 119 Å². The Morgan fingerprint density at radius 1 is 1.50 bits per heavy atom. The maximum Gasteiger partial charge on any atom is 0.322 e. The Balaban J connectivity index is 2.57. The highest BCUT2D eigenvalue weighted by Gasteiger charge is 2.31. The summed E-state index contributed by atoms with van der Waals surface area (Å²) < 4.78 is 29.6. The second-order valence-corrected chi connectivity index (χ2v) is 5.44. The van der Waals surface area contributed by atoms with Gasteiger partial charge in [0.25, 0.3) is 0 Å². The van der Waals surface area contributed by atoms with E-state index in [0.717, 1.165) is 0 Å². The Morgan fingerprint density at radius 3 is 2.72 bits per heavy atom. The maximum atomic E-state index is 11.5. The van der Waals surface area contributed by atoms with Crippen molar-refractivity contribution in [3.8, 4) is 0 Å². The smallest absolute Gasteiger partial charge is 0.322 e. The van der Waals surface area contributed by atoms with Crippen LogP contribution in [0.2, 0.25) is 0 Å². The molecule has 2 N–H and O–H groups in total. The molecule has 1 fully saturated rings. The lowest BCUT2D eigenvalue weighted by Gasteiger charge is -2.21. The van der Waals surface area contributed by atoms with Crippen LogP contribution in [-0.2, 0) is 29.1 Å². The van der Waals surface area contributed by atoms with Crippen LogP contribution < -0.4 is 10.0 Å². The van der Waals surface area contributed by atoms with Gasteiger partial charge >= 0.3 is 5.97 Å². The highest BCUT2D eigenvalue weighted by Crippen LogP contribution is 2.06. The summed E-state index contributed by atoms with van der Waals surface area (Å²) >= 11 is 0. The number of piperidine rings is 1. The monoisotopic (exact) mass is 278 g/mol. The van der Waals surface area contributed by atoms with Crippen molar-refractivity contribution in [2.45, 2.75) is 25.8 Å². The molecule has 0 aromatic carbocycles. The van der Waals surface area contributed by atoms with Crippen molar-refractivity contribution >= 4 is 27.8 Å². The van der Waals surface area contributed by atoms with Crippen LogP contribution in [0.4, 0.5) is 0 Å². The number of nitrogens with one attached hydrogen (secondary N) is 2. The number of ether oxygens (including phenoxy) is 1. The number of imide groups is 1. The van der Waals surface area contributed by atoms with Crippen molar-refractivity contribution in [2.24, 2.45) is 0 Å². The van der Waals surface area contributed by atoms with Gasteiger partial charge in [0.05, 0.1) is 6.61 Å². The van der Waals surface area contributed by atoms with Crippen LogP contribution in [0.3, 0.4) is 0 Å². The van der Waals surface area contributed by atoms with E-state index in [0.29, 0.717) is 0 Å². The predicted octanol–water partition coefficient (Wildman–Crippen LogP) is -1.73. The van der Waals surface area contributed by atoms with Gasteiger partial charge in [-0.2, -0.15) is 0 Å². The second kappa shape index (κ2) is 5.91. The van der Waals surface area contributed by atoms with Gasteiger partial charge < -0.3 is 4.74 Å². The first-order valence-corrected chi connectivity index (χ1v) is 6.98. The van der Waals surface area contributed by atoms with E-state index in [9.17, 15) is 22.8 Å². The normalized spacial score (nSPS) is 20.4. The Kier molecular flexibility index (Phi) is 4.79. The van der Waals surface area contributed by atoms with Crippen LogP contribution in [0.5, 0.6) is 0 Å². The molecule has 1 aliphatic heterocycles. The van der Waals surface area contributed by atoms with Crippen LogP contribution >= 0.6 is 0 Å². The van der Waals surface area contributed by atoms with E-state index in [-0.39, 0.29) is 19.4 Å². The van der Waals surface area contributed by atoms with Gasteiger partial charge in [0.15, 0.2) is 5.75 Å². The third-order valence-electron chi connectivity index (χ3n) is 2.17. The summed E-state index contributed by atoms with van der Waals surface area (Å²) in [4.78, 5) is 33.2. The van der Waals surface area contributed by atoms with Crippen molar-refractivity contribution in [1.29, 1.82) is 0 Å². The zero-order chi connectivity index (χ0) is 13.8. The lowest BCUT2D eigenvalue weighted by atomic mass is 10.1. The number of hydrogen-bond acceptors (Lipinski definition) is 6. The molecule has 1 aliphatic rings. The fraction of sp³-hybridized carbons (Fsp3) is 0.667. The second-order valence-electron chi connectivity index (χ2n) is 3.69. The van der Waals surface area contributed by atoms with Crippen LogP contribution in [0.25, 0.3) is 0 Å². The van der Waals surface area contributed by atoms with Gasteiger partial charge in [-0.05, 0) is 13.3 Å². The van der Waals surface area contributed by atoms with Crippen molar-refractivity contribution in [2.75, 3.05) is 12.4 Å². The largest absolute Gasteiger partial charge is 0.465 e. The molecule has 0 bridgehead atoms. The number of amides is 2. The summed E-state index contributed by atoms with van der Waals surface area (Å²) in [6.07, 6.45) is 0.130. The van der Waals surface area contributed by atoms with Gasteiger partial charge in [-0.1, -0.05) is 0 Å². The molecule has 0 aromatic heterocycles. The molecule has 1 atom stereocenters. The summed E-state index contributed by atoms with van der Waals surface area (Å²) in [5, 5.41) is 2.01. The summed E-state index contributed by atoms with van der Waals surface area (Å²) in [6.45, 7) is 1.63. The molecule has 1 rings (SSSR count). The average Bonchev–Trinajstić information content (AvgIpc) is 2.21. The average molecular weight is 278 g/mol. The van der Waals surface area contributed by atoms with Gasteiger partial charge in [-0.25, -0.2) is 13.1 Å². The Hall–Kier alpha value is -1.48. The number of rotatable bonds is 5. The minimum Gasteiger partial charge on any atom is -0.465 e.